The molecule has 1 aliphatic rings. The van der Waals surface area contributed by atoms with Gasteiger partial charge >= 0.3 is 6.61 Å². The summed E-state index contributed by atoms with van der Waals surface area (Å²) >= 11 is 0. The van der Waals surface area contributed by atoms with Crippen molar-refractivity contribution in [1.82, 2.24) is 0 Å². The highest BCUT2D eigenvalue weighted by Crippen LogP contribution is 2.36. The second kappa shape index (κ2) is 6.96. The van der Waals surface area contributed by atoms with Gasteiger partial charge in [0.15, 0.2) is 0 Å². The van der Waals surface area contributed by atoms with Crippen LogP contribution in [0, 0.1) is 11.8 Å². The molecule has 5 heteroatoms. The lowest BCUT2D eigenvalue weighted by molar-refractivity contribution is -0.0494. The largest absolute Gasteiger partial charge is 0.497 e. The third kappa shape index (κ3) is 3.99. The fourth-order valence-corrected chi connectivity index (χ4v) is 2.93. The summed E-state index contributed by atoms with van der Waals surface area (Å²) in [6, 6.07) is 5.12. The molecule has 0 heterocycles. The molecule has 3 unspecified atom stereocenters. The van der Waals surface area contributed by atoms with E-state index in [0.29, 0.717) is 23.3 Å². The Bertz CT molecular complexity index is 468. The molecular formula is C16H23F2NO2. The maximum absolute atomic E-state index is 12.5. The van der Waals surface area contributed by atoms with E-state index in [1.54, 1.807) is 19.2 Å². The predicted molar refractivity (Wildman–Crippen MR) is 79.2 cm³/mol. The molecule has 0 bridgehead atoms. The Morgan fingerprint density at radius 2 is 2.00 bits per heavy atom. The summed E-state index contributed by atoms with van der Waals surface area (Å²) in [6.07, 6.45) is 3.41. The van der Waals surface area contributed by atoms with Crippen LogP contribution in [0.4, 0.5) is 14.5 Å². The van der Waals surface area contributed by atoms with Crippen LogP contribution in [0.2, 0.25) is 0 Å². The molecule has 0 amide bonds. The first-order chi connectivity index (χ1) is 10.0. The summed E-state index contributed by atoms with van der Waals surface area (Å²) < 4.78 is 34.8. The zero-order valence-corrected chi connectivity index (χ0v) is 12.7. The van der Waals surface area contributed by atoms with Gasteiger partial charge in [0.05, 0.1) is 12.8 Å². The van der Waals surface area contributed by atoms with E-state index in [9.17, 15) is 8.78 Å². The number of rotatable bonds is 5. The standard InChI is InChI=1S/C16H23F2NO2/c1-10-5-4-6-13(11(10)2)19-14-9-12(20-3)7-8-15(14)21-16(17)18/h7-11,13,16,19H,4-6H2,1-3H3. The molecule has 3 nitrogen and oxygen atoms in total. The normalized spacial score (nSPS) is 25.7. The van der Waals surface area contributed by atoms with E-state index < -0.39 is 6.61 Å². The monoisotopic (exact) mass is 299 g/mol. The van der Waals surface area contributed by atoms with Gasteiger partial charge in [-0.2, -0.15) is 8.78 Å². The van der Waals surface area contributed by atoms with Crippen molar-refractivity contribution in [3.63, 3.8) is 0 Å². The van der Waals surface area contributed by atoms with E-state index in [0.717, 1.165) is 12.8 Å². The van der Waals surface area contributed by atoms with Gasteiger partial charge in [-0.15, -0.1) is 0 Å². The molecular weight excluding hydrogens is 276 g/mol. The average molecular weight is 299 g/mol. The van der Waals surface area contributed by atoms with Crippen molar-refractivity contribution in [2.75, 3.05) is 12.4 Å². The molecule has 0 aromatic heterocycles. The van der Waals surface area contributed by atoms with Crippen LogP contribution in [0.5, 0.6) is 11.5 Å². The van der Waals surface area contributed by atoms with Crippen molar-refractivity contribution in [3.05, 3.63) is 18.2 Å². The fraction of sp³-hybridized carbons (Fsp3) is 0.625. The number of anilines is 1. The Kier molecular flexibility index (Phi) is 5.26. The molecule has 2 rings (SSSR count). The highest BCUT2D eigenvalue weighted by atomic mass is 19.3. The lowest BCUT2D eigenvalue weighted by Gasteiger charge is -2.35. The maximum Gasteiger partial charge on any atom is 0.387 e. The van der Waals surface area contributed by atoms with E-state index in [-0.39, 0.29) is 11.8 Å². The molecule has 0 saturated heterocycles. The van der Waals surface area contributed by atoms with Crippen LogP contribution in [0.25, 0.3) is 0 Å². The van der Waals surface area contributed by atoms with Crippen LogP contribution in [0.1, 0.15) is 33.1 Å². The number of hydrogen-bond donors (Lipinski definition) is 1. The highest BCUT2D eigenvalue weighted by molar-refractivity contribution is 5.60. The predicted octanol–water partition coefficient (Wildman–Crippen LogP) is 4.53. The van der Waals surface area contributed by atoms with E-state index >= 15 is 0 Å². The van der Waals surface area contributed by atoms with Crippen molar-refractivity contribution in [2.24, 2.45) is 11.8 Å². The van der Waals surface area contributed by atoms with E-state index in [1.165, 1.54) is 12.5 Å². The second-order valence-electron chi connectivity index (χ2n) is 5.76. The quantitative estimate of drug-likeness (QED) is 0.866. The lowest BCUT2D eigenvalue weighted by atomic mass is 9.78. The lowest BCUT2D eigenvalue weighted by Crippen LogP contribution is -2.35. The van der Waals surface area contributed by atoms with Gasteiger partial charge in [-0.1, -0.05) is 26.7 Å². The van der Waals surface area contributed by atoms with Crippen LogP contribution in [0.3, 0.4) is 0 Å². The molecule has 1 aliphatic carbocycles. The molecule has 1 fully saturated rings. The Balaban J connectivity index is 2.19. The zero-order valence-electron chi connectivity index (χ0n) is 12.7. The number of halogens is 2. The van der Waals surface area contributed by atoms with Gasteiger partial charge in [0.2, 0.25) is 0 Å². The first kappa shape index (κ1) is 15.9. The van der Waals surface area contributed by atoms with Crippen LogP contribution in [-0.2, 0) is 0 Å². The number of alkyl halides is 2. The number of ether oxygens (including phenoxy) is 2. The molecule has 0 aliphatic heterocycles. The molecule has 0 spiro atoms. The topological polar surface area (TPSA) is 30.5 Å². The number of methoxy groups -OCH3 is 1. The minimum Gasteiger partial charge on any atom is -0.497 e. The summed E-state index contributed by atoms with van der Waals surface area (Å²) in [5.41, 5.74) is 0.570. The maximum atomic E-state index is 12.5. The van der Waals surface area contributed by atoms with Gasteiger partial charge in [-0.25, -0.2) is 0 Å². The molecule has 0 radical (unpaired) electrons. The minimum atomic E-state index is -2.83. The van der Waals surface area contributed by atoms with Crippen LogP contribution >= 0.6 is 0 Å². The number of hydrogen-bond acceptors (Lipinski definition) is 3. The third-order valence-corrected chi connectivity index (χ3v) is 4.45. The Hall–Kier alpha value is -1.52. The van der Waals surface area contributed by atoms with Gasteiger partial charge in [-0.3, -0.25) is 0 Å². The van der Waals surface area contributed by atoms with E-state index in [2.05, 4.69) is 23.9 Å². The van der Waals surface area contributed by atoms with Crippen molar-refractivity contribution in [3.8, 4) is 11.5 Å². The van der Waals surface area contributed by atoms with Gasteiger partial charge in [0.1, 0.15) is 11.5 Å². The third-order valence-electron chi connectivity index (χ3n) is 4.45. The van der Waals surface area contributed by atoms with Gasteiger partial charge in [0, 0.05) is 12.1 Å². The Morgan fingerprint density at radius 3 is 2.67 bits per heavy atom. The summed E-state index contributed by atoms with van der Waals surface area (Å²) in [6.45, 7) is 1.61. The highest BCUT2D eigenvalue weighted by Gasteiger charge is 2.27. The molecule has 21 heavy (non-hydrogen) atoms. The van der Waals surface area contributed by atoms with E-state index in [1.807, 2.05) is 0 Å². The molecule has 118 valence electrons. The Labute approximate surface area is 124 Å². The summed E-state index contributed by atoms with van der Waals surface area (Å²) in [7, 11) is 1.55. The molecule has 1 N–H and O–H groups in total. The van der Waals surface area contributed by atoms with Crippen molar-refractivity contribution < 1.29 is 18.3 Å². The van der Waals surface area contributed by atoms with Gasteiger partial charge < -0.3 is 14.8 Å². The summed E-state index contributed by atoms with van der Waals surface area (Å²) in [5, 5.41) is 3.37. The summed E-state index contributed by atoms with van der Waals surface area (Å²) in [4.78, 5) is 0. The SMILES string of the molecule is COc1ccc(OC(F)F)c(NC2CCCC(C)C2C)c1. The van der Waals surface area contributed by atoms with Gasteiger partial charge in [-0.05, 0) is 30.4 Å². The first-order valence-electron chi connectivity index (χ1n) is 7.40. The number of benzene rings is 1. The van der Waals surface area contributed by atoms with Crippen molar-refractivity contribution >= 4 is 5.69 Å². The number of nitrogens with one attached hydrogen (secondary N) is 1. The smallest absolute Gasteiger partial charge is 0.387 e. The van der Waals surface area contributed by atoms with Crippen LogP contribution in [0.15, 0.2) is 18.2 Å². The second-order valence-corrected chi connectivity index (χ2v) is 5.76. The summed E-state index contributed by atoms with van der Waals surface area (Å²) in [5.74, 6) is 1.90. The van der Waals surface area contributed by atoms with Crippen molar-refractivity contribution in [2.45, 2.75) is 45.8 Å². The molecule has 1 aromatic carbocycles. The van der Waals surface area contributed by atoms with Gasteiger partial charge in [0.25, 0.3) is 0 Å². The van der Waals surface area contributed by atoms with Crippen LogP contribution in [-0.4, -0.2) is 19.8 Å². The molecule has 3 atom stereocenters. The zero-order chi connectivity index (χ0) is 15.4. The fourth-order valence-electron chi connectivity index (χ4n) is 2.93. The molecule has 1 saturated carbocycles. The minimum absolute atomic E-state index is 0.163. The van der Waals surface area contributed by atoms with Crippen LogP contribution < -0.4 is 14.8 Å². The van der Waals surface area contributed by atoms with E-state index in [4.69, 9.17) is 4.74 Å². The average Bonchev–Trinajstić information content (AvgIpc) is 2.45. The Morgan fingerprint density at radius 1 is 1.24 bits per heavy atom. The molecule has 1 aromatic rings. The van der Waals surface area contributed by atoms with Crippen molar-refractivity contribution in [1.29, 1.82) is 0 Å². The first-order valence-corrected chi connectivity index (χ1v) is 7.40.